The minimum absolute atomic E-state index is 0.112. The van der Waals surface area contributed by atoms with Crippen LogP contribution in [-0.4, -0.2) is 82.3 Å². The van der Waals surface area contributed by atoms with Crippen LogP contribution in [0.2, 0.25) is 0 Å². The van der Waals surface area contributed by atoms with Gasteiger partial charge in [0.05, 0.1) is 35.1 Å². The van der Waals surface area contributed by atoms with Crippen LogP contribution in [0.1, 0.15) is 83.6 Å². The van der Waals surface area contributed by atoms with Crippen molar-refractivity contribution in [3.05, 3.63) is 217 Å². The molecule has 6 aromatic carbocycles. The smallest absolute Gasteiger partial charge is 0.280 e. The molecule has 71 heavy (non-hydrogen) atoms. The monoisotopic (exact) mass is 946 g/mol. The summed E-state index contributed by atoms with van der Waals surface area (Å²) in [6, 6.07) is 57.7. The van der Waals surface area contributed by atoms with Crippen LogP contribution in [0.3, 0.4) is 0 Å². The Morgan fingerprint density at radius 1 is 0.408 bits per heavy atom. The van der Waals surface area contributed by atoms with Crippen molar-refractivity contribution in [2.45, 2.75) is 53.4 Å². The molecule has 3 heterocycles. The molecular formula is C56H58N12O3. The maximum Gasteiger partial charge on any atom is 0.280 e. The summed E-state index contributed by atoms with van der Waals surface area (Å²) in [5.41, 5.74) is 6.80. The summed E-state index contributed by atoms with van der Waals surface area (Å²) in [6.07, 6.45) is 6.94. The van der Waals surface area contributed by atoms with Gasteiger partial charge in [-0.3, -0.25) is 14.4 Å². The van der Waals surface area contributed by atoms with Gasteiger partial charge in [-0.1, -0.05) is 136 Å². The second kappa shape index (κ2) is 25.5. The average Bonchev–Trinajstić information content (AvgIpc) is 4.23. The SMILES string of the molecule is CCCCN(C(=O)c1cnn(-c2ccccc2)n1)c1ccccc1.CCCCN(C(=O)c1nn(-c2ccccc2)nc1C)c1ccccc1.CCN(C(=O)c1cnn(-c2ccccc2)n1)c1ccccc1. The quantitative estimate of drug-likeness (QED) is 0.0921. The van der Waals surface area contributed by atoms with Crippen LogP contribution in [-0.2, 0) is 0 Å². The zero-order chi connectivity index (χ0) is 49.8. The van der Waals surface area contributed by atoms with E-state index in [2.05, 4.69) is 44.4 Å². The van der Waals surface area contributed by atoms with Gasteiger partial charge in [0, 0.05) is 36.7 Å². The fraction of sp³-hybridized carbons (Fsp3) is 0.196. The first kappa shape index (κ1) is 50.0. The Kier molecular flexibility index (Phi) is 18.0. The number of hydrogen-bond donors (Lipinski definition) is 0. The van der Waals surface area contributed by atoms with E-state index in [4.69, 9.17) is 0 Å². The van der Waals surface area contributed by atoms with Crippen molar-refractivity contribution in [2.24, 2.45) is 0 Å². The summed E-state index contributed by atoms with van der Waals surface area (Å²) < 4.78 is 0. The third kappa shape index (κ3) is 13.2. The number of unbranched alkanes of at least 4 members (excludes halogenated alkanes) is 2. The van der Waals surface area contributed by atoms with Gasteiger partial charge < -0.3 is 14.7 Å². The van der Waals surface area contributed by atoms with Gasteiger partial charge in [0.2, 0.25) is 0 Å². The van der Waals surface area contributed by atoms with Crippen LogP contribution in [0.4, 0.5) is 17.1 Å². The molecule has 9 aromatic rings. The zero-order valence-corrected chi connectivity index (χ0v) is 40.5. The number of aryl methyl sites for hydroxylation is 1. The molecule has 0 fully saturated rings. The number of para-hydroxylation sites is 6. The number of carbonyl (C=O) groups is 3. The van der Waals surface area contributed by atoms with Gasteiger partial charge in [-0.05, 0) is 99.5 Å². The third-order valence-corrected chi connectivity index (χ3v) is 11.1. The van der Waals surface area contributed by atoms with Crippen LogP contribution in [0.15, 0.2) is 194 Å². The largest absolute Gasteiger partial charge is 0.307 e. The van der Waals surface area contributed by atoms with Gasteiger partial charge in [-0.25, -0.2) is 0 Å². The molecular weight excluding hydrogens is 889 g/mol. The number of nitrogens with zero attached hydrogens (tertiary/aromatic N) is 12. The van der Waals surface area contributed by atoms with Gasteiger partial charge in [0.15, 0.2) is 17.1 Å². The van der Waals surface area contributed by atoms with E-state index in [-0.39, 0.29) is 17.7 Å². The van der Waals surface area contributed by atoms with Crippen molar-refractivity contribution in [1.29, 1.82) is 0 Å². The van der Waals surface area contributed by atoms with Crippen LogP contribution >= 0.6 is 0 Å². The van der Waals surface area contributed by atoms with E-state index < -0.39 is 0 Å². The van der Waals surface area contributed by atoms with E-state index in [1.165, 1.54) is 26.8 Å². The summed E-state index contributed by atoms with van der Waals surface area (Å²) in [4.78, 5) is 48.4. The number of hydrogen-bond acceptors (Lipinski definition) is 9. The van der Waals surface area contributed by atoms with Crippen molar-refractivity contribution < 1.29 is 14.4 Å². The van der Waals surface area contributed by atoms with Gasteiger partial charge in [0.25, 0.3) is 17.7 Å². The van der Waals surface area contributed by atoms with Crippen molar-refractivity contribution in [2.75, 3.05) is 34.3 Å². The highest BCUT2D eigenvalue weighted by molar-refractivity contribution is 6.06. The lowest BCUT2D eigenvalue weighted by atomic mass is 10.2. The van der Waals surface area contributed by atoms with E-state index in [9.17, 15) is 14.4 Å². The highest BCUT2D eigenvalue weighted by Gasteiger charge is 2.24. The summed E-state index contributed by atoms with van der Waals surface area (Å²) >= 11 is 0. The molecule has 15 heteroatoms. The number of rotatable bonds is 16. The summed E-state index contributed by atoms with van der Waals surface area (Å²) in [6.45, 7) is 9.88. The summed E-state index contributed by atoms with van der Waals surface area (Å²) in [5.74, 6) is -0.396. The molecule has 0 saturated carbocycles. The minimum Gasteiger partial charge on any atom is -0.307 e. The van der Waals surface area contributed by atoms with Crippen LogP contribution in [0.5, 0.6) is 0 Å². The van der Waals surface area contributed by atoms with E-state index in [0.717, 1.165) is 59.8 Å². The Morgan fingerprint density at radius 2 is 0.746 bits per heavy atom. The van der Waals surface area contributed by atoms with Crippen molar-refractivity contribution >= 4 is 34.8 Å². The van der Waals surface area contributed by atoms with E-state index >= 15 is 0 Å². The van der Waals surface area contributed by atoms with Gasteiger partial charge in [-0.15, -0.1) is 15.3 Å². The Hall–Kier alpha value is -8.85. The van der Waals surface area contributed by atoms with Gasteiger partial charge in [-0.2, -0.15) is 29.7 Å². The van der Waals surface area contributed by atoms with Crippen LogP contribution < -0.4 is 14.7 Å². The molecule has 0 aliphatic carbocycles. The molecule has 0 aliphatic rings. The lowest BCUT2D eigenvalue weighted by Gasteiger charge is -2.21. The number of amides is 3. The third-order valence-electron chi connectivity index (χ3n) is 11.1. The molecule has 9 rings (SSSR count). The van der Waals surface area contributed by atoms with Crippen LogP contribution in [0, 0.1) is 6.92 Å². The van der Waals surface area contributed by atoms with Crippen molar-refractivity contribution in [1.82, 2.24) is 45.0 Å². The second-order valence-electron chi connectivity index (χ2n) is 16.1. The number of anilines is 3. The van der Waals surface area contributed by atoms with Gasteiger partial charge >= 0.3 is 0 Å². The lowest BCUT2D eigenvalue weighted by Crippen LogP contribution is -2.32. The van der Waals surface area contributed by atoms with E-state index in [1.54, 1.807) is 14.7 Å². The second-order valence-corrected chi connectivity index (χ2v) is 16.1. The predicted octanol–water partition coefficient (Wildman–Crippen LogP) is 10.7. The molecule has 0 N–H and O–H groups in total. The molecule has 15 nitrogen and oxygen atoms in total. The molecule has 0 spiro atoms. The topological polar surface area (TPSA) is 153 Å². The normalized spacial score (nSPS) is 10.5. The number of carbonyl (C=O) groups excluding carboxylic acids is 3. The van der Waals surface area contributed by atoms with Crippen LogP contribution in [0.25, 0.3) is 17.1 Å². The standard InChI is InChI=1S/C20H22N4O.C19H20N4O.C17H16N4O/c1-3-4-15-23(17-11-7-5-8-12-17)20(25)19-16(2)21-24(22-19)18-13-9-6-10-14-18;1-2-3-14-22(16-10-6-4-7-11-16)19(24)18-15-20-23(21-18)17-12-8-5-9-13-17;1-2-20(14-9-5-3-6-10-14)17(22)16-13-18-21(19-16)15-11-7-4-8-12-15/h5-14H,3-4,15H2,1-2H3;4-13,15H,2-3,14H2,1H3;3-13H,2H2,1H3. The van der Waals surface area contributed by atoms with E-state index in [0.29, 0.717) is 42.4 Å². The number of aromatic nitrogens is 9. The Morgan fingerprint density at radius 3 is 1.13 bits per heavy atom. The molecule has 360 valence electrons. The number of benzene rings is 6. The van der Waals surface area contributed by atoms with Crippen molar-refractivity contribution in [3.63, 3.8) is 0 Å². The molecule has 0 saturated heterocycles. The molecule has 0 bridgehead atoms. The Bertz CT molecular complexity index is 3020. The molecule has 0 unspecified atom stereocenters. The summed E-state index contributed by atoms with van der Waals surface area (Å²) in [5, 5.41) is 25.9. The maximum atomic E-state index is 13.1. The lowest BCUT2D eigenvalue weighted by molar-refractivity contribution is 0.0973. The average molecular weight is 947 g/mol. The minimum atomic E-state index is -0.157. The first-order valence-electron chi connectivity index (χ1n) is 23.8. The predicted molar refractivity (Wildman–Crippen MR) is 279 cm³/mol. The van der Waals surface area contributed by atoms with Crippen molar-refractivity contribution in [3.8, 4) is 17.1 Å². The molecule has 0 aliphatic heterocycles. The Balaban J connectivity index is 0.000000157. The maximum absolute atomic E-state index is 13.1. The van der Waals surface area contributed by atoms with Gasteiger partial charge in [0.1, 0.15) is 0 Å². The molecule has 3 aromatic heterocycles. The highest BCUT2D eigenvalue weighted by Crippen LogP contribution is 2.21. The fourth-order valence-corrected chi connectivity index (χ4v) is 7.35. The highest BCUT2D eigenvalue weighted by atomic mass is 16.2. The first-order valence-corrected chi connectivity index (χ1v) is 23.8. The Labute approximate surface area is 414 Å². The summed E-state index contributed by atoms with van der Waals surface area (Å²) in [7, 11) is 0. The molecule has 0 radical (unpaired) electrons. The van der Waals surface area contributed by atoms with E-state index in [1.807, 2.05) is 196 Å². The molecule has 3 amide bonds. The fourth-order valence-electron chi connectivity index (χ4n) is 7.35. The first-order chi connectivity index (χ1) is 34.8. The zero-order valence-electron chi connectivity index (χ0n) is 40.5. The molecule has 0 atom stereocenters.